The number of aryl methyl sites for hydroxylation is 4. The van der Waals surface area contributed by atoms with Crippen molar-refractivity contribution in [2.24, 2.45) is 0 Å². The normalized spacial score (nSPS) is 14.8. The standard InChI is InChI=1S/C18H28N2O.C14H22N2O.ClH.H2O/c1-4-5-12-20-13-7-6-11-16(20)18(21)19-17-14(2)9-8-10-15(17)3;1-5-16(6-2)10-13(17)15-14-11(3)8-7-9-12(14)4;;/h8-10,16H,4-7,11-13H2,1-3H3,(H,19,21);7-9H,5-6,10H2,1-4H3,(H,15,17);1H;1H2. The summed E-state index contributed by atoms with van der Waals surface area (Å²) in [6, 6.07) is 12.2. The van der Waals surface area contributed by atoms with Gasteiger partial charge >= 0.3 is 0 Å². The zero-order valence-corrected chi connectivity index (χ0v) is 26.5. The third-order valence-electron chi connectivity index (χ3n) is 7.45. The monoisotopic (exact) mass is 576 g/mol. The zero-order chi connectivity index (χ0) is 28.1. The smallest absolute Gasteiger partial charge is 0.241 e. The van der Waals surface area contributed by atoms with Gasteiger partial charge in [-0.05, 0) is 95.4 Å². The van der Waals surface area contributed by atoms with Gasteiger partial charge in [0.2, 0.25) is 11.8 Å². The van der Waals surface area contributed by atoms with Crippen molar-refractivity contribution >= 4 is 35.6 Å². The zero-order valence-electron chi connectivity index (χ0n) is 25.7. The number of rotatable bonds is 10. The van der Waals surface area contributed by atoms with Crippen molar-refractivity contribution in [3.8, 4) is 0 Å². The average molecular weight is 577 g/mol. The minimum atomic E-state index is 0. The fourth-order valence-corrected chi connectivity index (χ4v) is 4.98. The second-order valence-corrected chi connectivity index (χ2v) is 10.4. The highest BCUT2D eigenvalue weighted by molar-refractivity contribution is 5.96. The van der Waals surface area contributed by atoms with Crippen LogP contribution in [0.15, 0.2) is 36.4 Å². The Bertz CT molecular complexity index is 1000. The molecule has 0 aliphatic carbocycles. The van der Waals surface area contributed by atoms with E-state index in [1.807, 2.05) is 38.1 Å². The molecule has 8 heteroatoms. The molecule has 4 N–H and O–H groups in total. The maximum absolute atomic E-state index is 12.7. The van der Waals surface area contributed by atoms with E-state index in [9.17, 15) is 9.59 Å². The van der Waals surface area contributed by atoms with E-state index in [2.05, 4.69) is 67.2 Å². The lowest BCUT2D eigenvalue weighted by molar-refractivity contribution is -0.122. The molecule has 1 atom stereocenters. The molecule has 1 saturated heterocycles. The molecule has 1 aliphatic heterocycles. The Morgan fingerprint density at radius 1 is 0.850 bits per heavy atom. The number of likely N-dealkylation sites (tertiary alicyclic amines) is 1. The molecule has 0 bridgehead atoms. The summed E-state index contributed by atoms with van der Waals surface area (Å²) < 4.78 is 0. The largest absolute Gasteiger partial charge is 0.412 e. The number of carbonyl (C=O) groups excluding carboxylic acids is 2. The predicted octanol–water partition coefficient (Wildman–Crippen LogP) is 6.08. The van der Waals surface area contributed by atoms with Crippen LogP contribution in [-0.2, 0) is 9.59 Å². The lowest BCUT2D eigenvalue weighted by Gasteiger charge is -2.34. The second kappa shape index (κ2) is 19.6. The van der Waals surface area contributed by atoms with Crippen LogP contribution in [0.25, 0.3) is 0 Å². The van der Waals surface area contributed by atoms with Gasteiger partial charge in [-0.15, -0.1) is 12.4 Å². The van der Waals surface area contributed by atoms with E-state index in [4.69, 9.17) is 0 Å². The van der Waals surface area contributed by atoms with E-state index in [0.29, 0.717) is 6.54 Å². The number of likely N-dealkylation sites (N-methyl/N-ethyl adjacent to an activating group) is 1. The summed E-state index contributed by atoms with van der Waals surface area (Å²) in [7, 11) is 0. The van der Waals surface area contributed by atoms with Gasteiger partial charge in [-0.2, -0.15) is 0 Å². The first kappa shape index (κ1) is 37.6. The van der Waals surface area contributed by atoms with Crippen LogP contribution in [0.1, 0.15) is 75.1 Å². The Hall–Kier alpha value is -2.45. The highest BCUT2D eigenvalue weighted by Gasteiger charge is 2.28. The Labute approximate surface area is 248 Å². The molecule has 2 amide bonds. The number of halogens is 1. The van der Waals surface area contributed by atoms with E-state index in [0.717, 1.165) is 72.6 Å². The summed E-state index contributed by atoms with van der Waals surface area (Å²) in [6.45, 7) is 18.8. The molecule has 0 radical (unpaired) electrons. The molecule has 2 aromatic rings. The molecule has 0 saturated carbocycles. The minimum Gasteiger partial charge on any atom is -0.412 e. The molecule has 40 heavy (non-hydrogen) atoms. The molecule has 226 valence electrons. The van der Waals surface area contributed by atoms with Gasteiger partial charge in [0.05, 0.1) is 12.6 Å². The van der Waals surface area contributed by atoms with Gasteiger partial charge in [-0.1, -0.05) is 70.0 Å². The van der Waals surface area contributed by atoms with E-state index in [1.54, 1.807) is 0 Å². The van der Waals surface area contributed by atoms with Crippen LogP contribution in [0.2, 0.25) is 0 Å². The van der Waals surface area contributed by atoms with Crippen LogP contribution in [-0.4, -0.2) is 65.9 Å². The van der Waals surface area contributed by atoms with Crippen molar-refractivity contribution in [2.45, 2.75) is 86.6 Å². The number of hydrogen-bond acceptors (Lipinski definition) is 4. The van der Waals surface area contributed by atoms with Crippen molar-refractivity contribution < 1.29 is 15.1 Å². The molecule has 3 rings (SSSR count). The Morgan fingerprint density at radius 2 is 1.35 bits per heavy atom. The topological polar surface area (TPSA) is 96.2 Å². The van der Waals surface area contributed by atoms with Crippen LogP contribution in [0.5, 0.6) is 0 Å². The maximum Gasteiger partial charge on any atom is 0.241 e. The number of nitrogens with one attached hydrogen (secondary N) is 2. The average Bonchev–Trinajstić information content (AvgIpc) is 2.91. The summed E-state index contributed by atoms with van der Waals surface area (Å²) in [4.78, 5) is 29.1. The van der Waals surface area contributed by atoms with Crippen molar-refractivity contribution in [3.05, 3.63) is 58.7 Å². The van der Waals surface area contributed by atoms with Crippen LogP contribution in [0.4, 0.5) is 11.4 Å². The highest BCUT2D eigenvalue weighted by atomic mass is 35.5. The number of unbranched alkanes of at least 4 members (excludes halogenated alkanes) is 1. The number of para-hydroxylation sites is 2. The quantitative estimate of drug-likeness (QED) is 0.358. The first-order valence-corrected chi connectivity index (χ1v) is 14.4. The molecular formula is C32H53ClN4O3. The number of nitrogens with zero attached hydrogens (tertiary/aromatic N) is 2. The first-order chi connectivity index (χ1) is 18.2. The minimum absolute atomic E-state index is 0. The van der Waals surface area contributed by atoms with E-state index in [1.165, 1.54) is 19.3 Å². The fraction of sp³-hybridized carbons (Fsp3) is 0.562. The number of hydrogen-bond donors (Lipinski definition) is 2. The van der Waals surface area contributed by atoms with Crippen molar-refractivity contribution in [1.29, 1.82) is 0 Å². The van der Waals surface area contributed by atoms with Gasteiger partial charge in [0.1, 0.15) is 0 Å². The van der Waals surface area contributed by atoms with Crippen molar-refractivity contribution in [3.63, 3.8) is 0 Å². The Balaban J connectivity index is 0.000000740. The van der Waals surface area contributed by atoms with Crippen LogP contribution in [0.3, 0.4) is 0 Å². The maximum atomic E-state index is 12.7. The van der Waals surface area contributed by atoms with Crippen LogP contribution < -0.4 is 10.6 Å². The van der Waals surface area contributed by atoms with E-state index >= 15 is 0 Å². The number of piperidine rings is 1. The molecule has 2 aromatic carbocycles. The molecule has 0 spiro atoms. The lowest BCUT2D eigenvalue weighted by Crippen LogP contribution is -2.47. The van der Waals surface area contributed by atoms with Crippen molar-refractivity contribution in [2.75, 3.05) is 43.4 Å². The first-order valence-electron chi connectivity index (χ1n) is 14.4. The van der Waals surface area contributed by atoms with Crippen molar-refractivity contribution in [1.82, 2.24) is 9.80 Å². The van der Waals surface area contributed by atoms with Gasteiger partial charge in [-0.25, -0.2) is 0 Å². The van der Waals surface area contributed by atoms with Gasteiger partial charge < -0.3 is 16.1 Å². The molecule has 0 aromatic heterocycles. The third kappa shape index (κ3) is 11.6. The Morgan fingerprint density at radius 3 is 1.82 bits per heavy atom. The van der Waals surface area contributed by atoms with Gasteiger partial charge in [0.15, 0.2) is 0 Å². The highest BCUT2D eigenvalue weighted by Crippen LogP contribution is 2.23. The second-order valence-electron chi connectivity index (χ2n) is 10.4. The molecule has 1 heterocycles. The van der Waals surface area contributed by atoms with E-state index in [-0.39, 0.29) is 35.7 Å². The van der Waals surface area contributed by atoms with E-state index < -0.39 is 0 Å². The summed E-state index contributed by atoms with van der Waals surface area (Å²) >= 11 is 0. The van der Waals surface area contributed by atoms with Gasteiger partial charge in [0, 0.05) is 11.4 Å². The SMILES string of the molecule is CCCCN1CCCCC1C(=O)Nc1c(C)cccc1C.CCN(CC)CC(=O)Nc1c(C)cccc1C.Cl.O. The van der Waals surface area contributed by atoms with Crippen LogP contribution in [0, 0.1) is 27.7 Å². The lowest BCUT2D eigenvalue weighted by atomic mass is 10.00. The summed E-state index contributed by atoms with van der Waals surface area (Å²) in [5, 5.41) is 6.17. The fourth-order valence-electron chi connectivity index (χ4n) is 4.98. The number of carbonyl (C=O) groups is 2. The molecule has 1 fully saturated rings. The summed E-state index contributed by atoms with van der Waals surface area (Å²) in [5.41, 5.74) is 6.43. The van der Waals surface area contributed by atoms with Crippen LogP contribution >= 0.6 is 12.4 Å². The number of amides is 2. The molecule has 7 nitrogen and oxygen atoms in total. The predicted molar refractivity (Wildman–Crippen MR) is 172 cm³/mol. The van der Waals surface area contributed by atoms with Gasteiger partial charge in [-0.3, -0.25) is 19.4 Å². The summed E-state index contributed by atoms with van der Waals surface area (Å²) in [5.74, 6) is 0.231. The molecule has 1 unspecified atom stereocenters. The number of benzene rings is 2. The third-order valence-corrected chi connectivity index (χ3v) is 7.45. The Kier molecular flexibility index (Phi) is 18.4. The molecular weight excluding hydrogens is 524 g/mol. The van der Waals surface area contributed by atoms with Gasteiger partial charge in [0.25, 0.3) is 0 Å². The summed E-state index contributed by atoms with van der Waals surface area (Å²) in [6.07, 6.45) is 5.72. The number of anilines is 2. The molecule has 1 aliphatic rings.